The van der Waals surface area contributed by atoms with Crippen molar-refractivity contribution in [1.29, 1.82) is 0 Å². The number of hydrogen-bond acceptors (Lipinski definition) is 3. The van der Waals surface area contributed by atoms with Gasteiger partial charge >= 0.3 is 0 Å². The van der Waals surface area contributed by atoms with Crippen LogP contribution in [0.1, 0.15) is 32.3 Å². The van der Waals surface area contributed by atoms with Crippen LogP contribution in [0.15, 0.2) is 30.3 Å². The highest BCUT2D eigenvalue weighted by molar-refractivity contribution is 5.86. The minimum Gasteiger partial charge on any atom is -0.378 e. The number of primary amides is 1. The van der Waals surface area contributed by atoms with Gasteiger partial charge in [0.05, 0.1) is 6.61 Å². The molecule has 1 aromatic carbocycles. The summed E-state index contributed by atoms with van der Waals surface area (Å²) in [6, 6.07) is 10.00. The van der Waals surface area contributed by atoms with Crippen molar-refractivity contribution in [3.8, 4) is 0 Å². The molecule has 110 valence electrons. The second-order valence-corrected chi connectivity index (χ2v) is 5.96. The first-order valence-electron chi connectivity index (χ1n) is 7.25. The number of hydrogen-bond donors (Lipinski definition) is 2. The van der Waals surface area contributed by atoms with Crippen LogP contribution in [0.4, 0.5) is 0 Å². The largest absolute Gasteiger partial charge is 0.378 e. The number of carbonyl (C=O) groups is 1. The van der Waals surface area contributed by atoms with Crippen molar-refractivity contribution in [3.05, 3.63) is 35.9 Å². The van der Waals surface area contributed by atoms with Crippen molar-refractivity contribution < 1.29 is 9.53 Å². The van der Waals surface area contributed by atoms with E-state index in [1.54, 1.807) is 0 Å². The molecule has 1 aliphatic rings. The summed E-state index contributed by atoms with van der Waals surface area (Å²) in [5.41, 5.74) is 5.67. The topological polar surface area (TPSA) is 64.3 Å². The van der Waals surface area contributed by atoms with Crippen molar-refractivity contribution in [1.82, 2.24) is 5.32 Å². The molecule has 0 heterocycles. The predicted octanol–water partition coefficient (Wildman–Crippen LogP) is 1.79. The van der Waals surface area contributed by atoms with Crippen molar-refractivity contribution >= 4 is 5.91 Å². The smallest absolute Gasteiger partial charge is 0.244 e. The third-order valence-electron chi connectivity index (χ3n) is 3.48. The molecule has 1 aromatic rings. The monoisotopic (exact) mass is 276 g/mol. The molecule has 0 aliphatic heterocycles. The Kier molecular flexibility index (Phi) is 4.78. The maximum absolute atomic E-state index is 12.1. The number of nitrogens with one attached hydrogen (secondary N) is 1. The van der Waals surface area contributed by atoms with Crippen LogP contribution in [0.5, 0.6) is 0 Å². The third kappa shape index (κ3) is 3.58. The van der Waals surface area contributed by atoms with Crippen molar-refractivity contribution in [2.45, 2.75) is 38.3 Å². The number of ether oxygens (including phenoxy) is 1. The van der Waals surface area contributed by atoms with E-state index in [0.717, 1.165) is 18.4 Å². The molecule has 0 radical (unpaired) electrons. The van der Waals surface area contributed by atoms with E-state index in [2.05, 4.69) is 19.2 Å². The zero-order valence-electron chi connectivity index (χ0n) is 12.3. The van der Waals surface area contributed by atoms with Gasteiger partial charge in [-0.15, -0.1) is 0 Å². The van der Waals surface area contributed by atoms with Crippen LogP contribution in [0.25, 0.3) is 0 Å². The summed E-state index contributed by atoms with van der Waals surface area (Å²) < 4.78 is 5.74. The molecule has 0 bridgehead atoms. The van der Waals surface area contributed by atoms with Crippen LogP contribution >= 0.6 is 0 Å². The molecular weight excluding hydrogens is 252 g/mol. The molecule has 1 saturated carbocycles. The molecule has 1 aliphatic carbocycles. The molecule has 4 nitrogen and oxygen atoms in total. The first-order chi connectivity index (χ1) is 9.54. The van der Waals surface area contributed by atoms with Crippen LogP contribution in [0, 0.1) is 5.92 Å². The van der Waals surface area contributed by atoms with E-state index in [4.69, 9.17) is 10.5 Å². The number of benzene rings is 1. The number of rotatable bonds is 8. The Bertz CT molecular complexity index is 443. The van der Waals surface area contributed by atoms with Gasteiger partial charge in [-0.25, -0.2) is 0 Å². The molecule has 0 saturated heterocycles. The quantitative estimate of drug-likeness (QED) is 0.761. The first-order valence-corrected chi connectivity index (χ1v) is 7.25. The van der Waals surface area contributed by atoms with Crippen LogP contribution in [-0.2, 0) is 15.1 Å². The van der Waals surface area contributed by atoms with E-state index in [0.29, 0.717) is 18.6 Å². The fourth-order valence-electron chi connectivity index (χ4n) is 2.24. The highest BCUT2D eigenvalue weighted by atomic mass is 16.5. The fourth-order valence-corrected chi connectivity index (χ4v) is 2.24. The van der Waals surface area contributed by atoms with E-state index in [9.17, 15) is 4.79 Å². The van der Waals surface area contributed by atoms with Gasteiger partial charge < -0.3 is 10.5 Å². The lowest BCUT2D eigenvalue weighted by Gasteiger charge is -2.32. The lowest BCUT2D eigenvalue weighted by atomic mass is 9.89. The van der Waals surface area contributed by atoms with Gasteiger partial charge in [-0.2, -0.15) is 0 Å². The highest BCUT2D eigenvalue weighted by Gasteiger charge is 2.43. The summed E-state index contributed by atoms with van der Waals surface area (Å²) in [5.74, 6) is 0.0524. The zero-order valence-corrected chi connectivity index (χ0v) is 12.3. The maximum atomic E-state index is 12.1. The zero-order chi connectivity index (χ0) is 14.6. The maximum Gasteiger partial charge on any atom is 0.244 e. The first kappa shape index (κ1) is 15.0. The molecule has 3 N–H and O–H groups in total. The molecule has 20 heavy (non-hydrogen) atoms. The molecule has 0 aromatic heterocycles. The van der Waals surface area contributed by atoms with Gasteiger partial charge in [0.2, 0.25) is 5.91 Å². The van der Waals surface area contributed by atoms with Crippen molar-refractivity contribution in [2.24, 2.45) is 11.7 Å². The highest BCUT2D eigenvalue weighted by Crippen LogP contribution is 2.29. The summed E-state index contributed by atoms with van der Waals surface area (Å²) in [6.07, 6.45) is 2.18. The molecule has 1 unspecified atom stereocenters. The SMILES string of the molecule is CC(C)COCC(NC1CC1)(C(N)=O)c1ccccc1. The predicted molar refractivity (Wildman–Crippen MR) is 79.1 cm³/mol. The van der Waals surface area contributed by atoms with Crippen LogP contribution in [-0.4, -0.2) is 25.2 Å². The lowest BCUT2D eigenvalue weighted by Crippen LogP contribution is -2.56. The van der Waals surface area contributed by atoms with E-state index in [1.807, 2.05) is 30.3 Å². The minimum atomic E-state index is -0.919. The average molecular weight is 276 g/mol. The molecule has 0 spiro atoms. The molecule has 1 atom stereocenters. The van der Waals surface area contributed by atoms with Gasteiger partial charge in [0.25, 0.3) is 0 Å². The Labute approximate surface area is 120 Å². The van der Waals surface area contributed by atoms with Gasteiger partial charge in [-0.1, -0.05) is 44.2 Å². The average Bonchev–Trinajstić information content (AvgIpc) is 3.21. The Hall–Kier alpha value is -1.39. The summed E-state index contributed by atoms with van der Waals surface area (Å²) >= 11 is 0. The van der Waals surface area contributed by atoms with Gasteiger partial charge in [0.1, 0.15) is 5.54 Å². The molecule has 2 rings (SSSR count). The van der Waals surface area contributed by atoms with Crippen LogP contribution < -0.4 is 11.1 Å². The number of nitrogens with two attached hydrogens (primary N) is 1. The Morgan fingerprint density at radius 3 is 2.55 bits per heavy atom. The molecular formula is C16H24N2O2. The Morgan fingerprint density at radius 2 is 2.05 bits per heavy atom. The minimum absolute atomic E-state index is 0.279. The van der Waals surface area contributed by atoms with E-state index in [1.165, 1.54) is 0 Å². The third-order valence-corrected chi connectivity index (χ3v) is 3.48. The van der Waals surface area contributed by atoms with Gasteiger partial charge in [-0.3, -0.25) is 10.1 Å². The lowest BCUT2D eigenvalue weighted by molar-refractivity contribution is -0.128. The molecule has 1 amide bonds. The number of carbonyl (C=O) groups excluding carboxylic acids is 1. The Balaban J connectivity index is 2.21. The second kappa shape index (κ2) is 6.37. The Morgan fingerprint density at radius 1 is 1.40 bits per heavy atom. The van der Waals surface area contributed by atoms with Gasteiger partial charge in [0.15, 0.2) is 0 Å². The molecule has 1 fully saturated rings. The van der Waals surface area contributed by atoms with Crippen molar-refractivity contribution in [3.63, 3.8) is 0 Å². The van der Waals surface area contributed by atoms with Gasteiger partial charge in [-0.05, 0) is 24.3 Å². The van der Waals surface area contributed by atoms with E-state index in [-0.39, 0.29) is 12.5 Å². The van der Waals surface area contributed by atoms with Crippen molar-refractivity contribution in [2.75, 3.05) is 13.2 Å². The standard InChI is InChI=1S/C16H24N2O2/c1-12(2)10-20-11-16(15(17)19,18-14-8-9-14)13-6-4-3-5-7-13/h3-7,12,14,18H,8-11H2,1-2H3,(H2,17,19). The van der Waals surface area contributed by atoms with E-state index >= 15 is 0 Å². The van der Waals surface area contributed by atoms with E-state index < -0.39 is 5.54 Å². The molecule has 4 heteroatoms. The number of amides is 1. The van der Waals surface area contributed by atoms with Gasteiger partial charge in [0, 0.05) is 12.6 Å². The normalized spacial score (nSPS) is 17.9. The fraction of sp³-hybridized carbons (Fsp3) is 0.562. The summed E-state index contributed by atoms with van der Waals surface area (Å²) in [4.78, 5) is 12.1. The summed E-state index contributed by atoms with van der Waals surface area (Å²) in [6.45, 7) is 5.07. The second-order valence-electron chi connectivity index (χ2n) is 5.96. The van der Waals surface area contributed by atoms with Crippen LogP contribution in [0.2, 0.25) is 0 Å². The van der Waals surface area contributed by atoms with Crippen LogP contribution in [0.3, 0.4) is 0 Å². The summed E-state index contributed by atoms with van der Waals surface area (Å²) in [7, 11) is 0. The summed E-state index contributed by atoms with van der Waals surface area (Å²) in [5, 5.41) is 3.39.